The second-order valence-electron chi connectivity index (χ2n) is 5.67. The molecule has 2 heteroatoms. The van der Waals surface area contributed by atoms with Crippen molar-refractivity contribution >= 4 is 10.8 Å². The second kappa shape index (κ2) is 5.05. The highest BCUT2D eigenvalue weighted by Gasteiger charge is 2.23. The minimum Gasteiger partial charge on any atom is -0.466 e. The molecule has 0 radical (unpaired) electrons. The van der Waals surface area contributed by atoms with Crippen molar-refractivity contribution in [3.63, 3.8) is 0 Å². The van der Waals surface area contributed by atoms with Crippen LogP contribution >= 0.6 is 0 Å². The van der Waals surface area contributed by atoms with Crippen molar-refractivity contribution in [2.45, 2.75) is 33.8 Å². The van der Waals surface area contributed by atoms with Gasteiger partial charge in [-0.25, -0.2) is 0 Å². The molecule has 108 valence electrons. The van der Waals surface area contributed by atoms with Crippen LogP contribution in [0.4, 0.5) is 0 Å². The summed E-state index contributed by atoms with van der Waals surface area (Å²) in [5.74, 6) is 1.67. The number of hydrogen-bond donors (Lipinski definition) is 1. The van der Waals surface area contributed by atoms with Crippen LogP contribution in [0.1, 0.15) is 39.9 Å². The lowest BCUT2D eigenvalue weighted by Crippen LogP contribution is -2.05. The van der Waals surface area contributed by atoms with Gasteiger partial charge in [0, 0.05) is 5.56 Å². The molecule has 0 amide bonds. The molecule has 0 saturated carbocycles. The molecule has 2 aromatic carbocycles. The average Bonchev–Trinajstić information content (AvgIpc) is 2.71. The molecular formula is C19H20O2. The van der Waals surface area contributed by atoms with E-state index < -0.39 is 6.10 Å². The van der Waals surface area contributed by atoms with Gasteiger partial charge in [0.25, 0.3) is 0 Å². The van der Waals surface area contributed by atoms with Gasteiger partial charge in [-0.2, -0.15) is 0 Å². The first kappa shape index (κ1) is 13.9. The van der Waals surface area contributed by atoms with Gasteiger partial charge in [0.15, 0.2) is 0 Å². The SMILES string of the molecule is Cc1ccc2ccccc2c1C(O)c1c(C)oc(C)c1C. The first-order valence-electron chi connectivity index (χ1n) is 7.23. The molecule has 3 aromatic rings. The Bertz CT molecular complexity index is 812. The summed E-state index contributed by atoms with van der Waals surface area (Å²) < 4.78 is 5.68. The van der Waals surface area contributed by atoms with Crippen molar-refractivity contribution in [3.8, 4) is 0 Å². The summed E-state index contributed by atoms with van der Waals surface area (Å²) in [5.41, 5.74) is 4.00. The van der Waals surface area contributed by atoms with Gasteiger partial charge in [-0.1, -0.05) is 36.4 Å². The van der Waals surface area contributed by atoms with Crippen LogP contribution in [0.2, 0.25) is 0 Å². The second-order valence-corrected chi connectivity index (χ2v) is 5.67. The van der Waals surface area contributed by atoms with Gasteiger partial charge in [0.1, 0.15) is 17.6 Å². The Hall–Kier alpha value is -2.06. The standard InChI is InChI=1S/C19H20O2/c1-11-9-10-15-7-5-6-8-16(15)17(11)19(20)18-12(2)13(3)21-14(18)4/h5-10,19-20H,1-4H3. The molecule has 0 saturated heterocycles. The summed E-state index contributed by atoms with van der Waals surface area (Å²) in [6.07, 6.45) is -0.659. The van der Waals surface area contributed by atoms with Crippen LogP contribution in [-0.2, 0) is 0 Å². The molecule has 1 aromatic heterocycles. The Morgan fingerprint density at radius 1 is 0.857 bits per heavy atom. The fraction of sp³-hybridized carbons (Fsp3) is 0.263. The summed E-state index contributed by atoms with van der Waals surface area (Å²) in [4.78, 5) is 0. The lowest BCUT2D eigenvalue weighted by atomic mass is 9.90. The third kappa shape index (κ3) is 2.16. The minimum absolute atomic E-state index is 0.659. The Morgan fingerprint density at radius 2 is 1.57 bits per heavy atom. The predicted molar refractivity (Wildman–Crippen MR) is 85.7 cm³/mol. The quantitative estimate of drug-likeness (QED) is 0.735. The highest BCUT2D eigenvalue weighted by atomic mass is 16.3. The van der Waals surface area contributed by atoms with E-state index in [0.29, 0.717) is 0 Å². The van der Waals surface area contributed by atoms with Gasteiger partial charge >= 0.3 is 0 Å². The maximum atomic E-state index is 11.0. The van der Waals surface area contributed by atoms with E-state index in [1.54, 1.807) is 0 Å². The number of furan rings is 1. The Morgan fingerprint density at radius 3 is 2.24 bits per heavy atom. The lowest BCUT2D eigenvalue weighted by molar-refractivity contribution is 0.218. The molecule has 1 unspecified atom stereocenters. The Balaban J connectivity index is 2.27. The fourth-order valence-electron chi connectivity index (χ4n) is 3.12. The van der Waals surface area contributed by atoms with Gasteiger partial charge in [-0.15, -0.1) is 0 Å². The molecule has 21 heavy (non-hydrogen) atoms. The number of rotatable bonds is 2. The van der Waals surface area contributed by atoms with Crippen molar-refractivity contribution in [2.24, 2.45) is 0 Å². The topological polar surface area (TPSA) is 33.4 Å². The minimum atomic E-state index is -0.659. The highest BCUT2D eigenvalue weighted by Crippen LogP contribution is 2.36. The van der Waals surface area contributed by atoms with Gasteiger partial charge in [0.2, 0.25) is 0 Å². The van der Waals surface area contributed by atoms with Crippen LogP contribution in [0, 0.1) is 27.7 Å². The Labute approximate surface area is 125 Å². The highest BCUT2D eigenvalue weighted by molar-refractivity contribution is 5.87. The van der Waals surface area contributed by atoms with Gasteiger partial charge < -0.3 is 9.52 Å². The first-order valence-corrected chi connectivity index (χ1v) is 7.23. The van der Waals surface area contributed by atoms with Crippen LogP contribution in [0.15, 0.2) is 40.8 Å². The van der Waals surface area contributed by atoms with E-state index in [1.807, 2.05) is 39.8 Å². The zero-order valence-electron chi connectivity index (χ0n) is 12.9. The summed E-state index contributed by atoms with van der Waals surface area (Å²) in [6.45, 7) is 7.90. The fourth-order valence-corrected chi connectivity index (χ4v) is 3.12. The van der Waals surface area contributed by atoms with E-state index in [1.165, 1.54) is 0 Å². The van der Waals surface area contributed by atoms with Gasteiger partial charge in [-0.3, -0.25) is 0 Å². The van der Waals surface area contributed by atoms with Gasteiger partial charge in [0.05, 0.1) is 0 Å². The number of aryl methyl sites for hydroxylation is 3. The molecule has 0 aliphatic carbocycles. The smallest absolute Gasteiger partial charge is 0.109 e. The largest absolute Gasteiger partial charge is 0.466 e. The zero-order valence-corrected chi connectivity index (χ0v) is 12.9. The molecule has 0 aliphatic heterocycles. The summed E-state index contributed by atoms with van der Waals surface area (Å²) >= 11 is 0. The van der Waals surface area contributed by atoms with Crippen molar-refractivity contribution in [1.82, 2.24) is 0 Å². The molecule has 1 heterocycles. The molecule has 3 rings (SSSR count). The van der Waals surface area contributed by atoms with E-state index in [4.69, 9.17) is 4.42 Å². The van der Waals surface area contributed by atoms with Crippen LogP contribution in [0.5, 0.6) is 0 Å². The molecule has 0 fully saturated rings. The summed E-state index contributed by atoms with van der Waals surface area (Å²) in [7, 11) is 0. The normalized spacial score (nSPS) is 12.8. The monoisotopic (exact) mass is 280 g/mol. The maximum Gasteiger partial charge on any atom is 0.109 e. The van der Waals surface area contributed by atoms with Crippen molar-refractivity contribution in [2.75, 3.05) is 0 Å². The van der Waals surface area contributed by atoms with Crippen LogP contribution in [0.3, 0.4) is 0 Å². The molecule has 1 N–H and O–H groups in total. The average molecular weight is 280 g/mol. The predicted octanol–water partition coefficient (Wildman–Crippen LogP) is 4.75. The van der Waals surface area contributed by atoms with Crippen LogP contribution in [-0.4, -0.2) is 5.11 Å². The molecule has 2 nitrogen and oxygen atoms in total. The molecule has 1 atom stereocenters. The number of fused-ring (bicyclic) bond motifs is 1. The third-order valence-electron chi connectivity index (χ3n) is 4.35. The summed E-state index contributed by atoms with van der Waals surface area (Å²) in [5, 5.41) is 13.2. The summed E-state index contributed by atoms with van der Waals surface area (Å²) in [6, 6.07) is 12.3. The molecule has 0 spiro atoms. The number of aliphatic hydroxyl groups is 1. The van der Waals surface area contributed by atoms with E-state index in [2.05, 4.69) is 24.3 Å². The number of aliphatic hydroxyl groups excluding tert-OH is 1. The maximum absolute atomic E-state index is 11.0. The van der Waals surface area contributed by atoms with Crippen LogP contribution < -0.4 is 0 Å². The molecular weight excluding hydrogens is 260 g/mol. The van der Waals surface area contributed by atoms with E-state index in [9.17, 15) is 5.11 Å². The molecule has 0 aliphatic rings. The van der Waals surface area contributed by atoms with Crippen LogP contribution in [0.25, 0.3) is 10.8 Å². The van der Waals surface area contributed by atoms with E-state index in [0.717, 1.165) is 44.5 Å². The van der Waals surface area contributed by atoms with E-state index in [-0.39, 0.29) is 0 Å². The first-order chi connectivity index (χ1) is 10.0. The number of hydrogen-bond acceptors (Lipinski definition) is 2. The van der Waals surface area contributed by atoms with Gasteiger partial charge in [-0.05, 0) is 55.2 Å². The van der Waals surface area contributed by atoms with Crippen molar-refractivity contribution in [1.29, 1.82) is 0 Å². The van der Waals surface area contributed by atoms with Crippen molar-refractivity contribution < 1.29 is 9.52 Å². The zero-order chi connectivity index (χ0) is 15.1. The number of benzene rings is 2. The van der Waals surface area contributed by atoms with E-state index >= 15 is 0 Å². The molecule has 0 bridgehead atoms. The lowest BCUT2D eigenvalue weighted by Gasteiger charge is -2.17. The Kier molecular flexibility index (Phi) is 3.34. The third-order valence-corrected chi connectivity index (χ3v) is 4.35. The van der Waals surface area contributed by atoms with Crippen molar-refractivity contribution in [3.05, 3.63) is 70.2 Å².